The van der Waals surface area contributed by atoms with Crippen molar-refractivity contribution in [3.8, 4) is 0 Å². The number of urea groups is 1. The summed E-state index contributed by atoms with van der Waals surface area (Å²) in [7, 11) is 1.32. The second kappa shape index (κ2) is 5.38. The summed E-state index contributed by atoms with van der Waals surface area (Å²) < 4.78 is 39.7. The SMILES string of the molecule is Cn1cc(NC(=O)N2C[C@@H]3CCC[C@@]3(C(=O)O)C2)c(C(F)(F)F)n1. The minimum Gasteiger partial charge on any atom is -0.481 e. The Balaban J connectivity index is 1.77. The summed E-state index contributed by atoms with van der Waals surface area (Å²) in [6, 6.07) is -0.733. The van der Waals surface area contributed by atoms with Gasteiger partial charge in [-0.1, -0.05) is 6.42 Å². The summed E-state index contributed by atoms with van der Waals surface area (Å²) in [4.78, 5) is 25.2. The zero-order valence-corrected chi connectivity index (χ0v) is 12.9. The number of nitrogens with zero attached hydrogens (tertiary/aromatic N) is 3. The summed E-state index contributed by atoms with van der Waals surface area (Å²) in [5.74, 6) is -1.10. The normalized spacial score (nSPS) is 26.5. The van der Waals surface area contributed by atoms with Gasteiger partial charge in [0.1, 0.15) is 0 Å². The molecule has 1 saturated carbocycles. The van der Waals surface area contributed by atoms with Crippen molar-refractivity contribution in [3.05, 3.63) is 11.9 Å². The lowest BCUT2D eigenvalue weighted by molar-refractivity contribution is -0.149. The number of halogens is 3. The molecule has 2 fully saturated rings. The quantitative estimate of drug-likeness (QED) is 0.859. The standard InChI is InChI=1S/C14H17F3N4O3/c1-20-6-9(10(19-20)14(15,16)17)18-12(24)21-5-8-3-2-4-13(8,7-21)11(22)23/h6,8H,2-5,7H2,1H3,(H,18,24)(H,22,23)/t8-,13+/m0/s1. The number of fused-ring (bicyclic) bond motifs is 1. The summed E-state index contributed by atoms with van der Waals surface area (Å²) in [6.07, 6.45) is -1.64. The number of nitrogens with one attached hydrogen (secondary N) is 1. The zero-order valence-electron chi connectivity index (χ0n) is 12.9. The minimum absolute atomic E-state index is 0.0143. The van der Waals surface area contributed by atoms with Gasteiger partial charge in [-0.15, -0.1) is 0 Å². The van der Waals surface area contributed by atoms with Gasteiger partial charge in [0.2, 0.25) is 0 Å². The van der Waals surface area contributed by atoms with Crippen molar-refractivity contribution in [1.82, 2.24) is 14.7 Å². The number of carbonyl (C=O) groups excluding carboxylic acids is 1. The Morgan fingerprint density at radius 2 is 2.17 bits per heavy atom. The molecule has 24 heavy (non-hydrogen) atoms. The summed E-state index contributed by atoms with van der Waals surface area (Å²) >= 11 is 0. The number of hydrogen-bond acceptors (Lipinski definition) is 3. The van der Waals surface area contributed by atoms with Crippen molar-refractivity contribution < 1.29 is 27.9 Å². The van der Waals surface area contributed by atoms with E-state index in [9.17, 15) is 27.9 Å². The third-order valence-corrected chi connectivity index (χ3v) is 4.92. The Bertz CT molecular complexity index is 687. The van der Waals surface area contributed by atoms with Crippen molar-refractivity contribution in [3.63, 3.8) is 0 Å². The molecule has 0 unspecified atom stereocenters. The van der Waals surface area contributed by atoms with E-state index >= 15 is 0 Å². The Labute approximate surface area is 135 Å². The fourth-order valence-corrected chi connectivity index (χ4v) is 3.78. The molecule has 0 bridgehead atoms. The molecule has 0 radical (unpaired) electrons. The molecule has 2 N–H and O–H groups in total. The molecule has 1 aromatic rings. The smallest absolute Gasteiger partial charge is 0.437 e. The van der Waals surface area contributed by atoms with E-state index < -0.39 is 35.0 Å². The van der Waals surface area contributed by atoms with Gasteiger partial charge in [0.15, 0.2) is 5.69 Å². The maximum Gasteiger partial charge on any atom is 0.437 e. The molecule has 2 atom stereocenters. The van der Waals surface area contributed by atoms with E-state index in [1.54, 1.807) is 0 Å². The molecule has 3 rings (SSSR count). The molecule has 0 spiro atoms. The van der Waals surface area contributed by atoms with Gasteiger partial charge in [-0.25, -0.2) is 4.79 Å². The van der Waals surface area contributed by atoms with Crippen LogP contribution in [0.4, 0.5) is 23.7 Å². The molecule has 132 valence electrons. The summed E-state index contributed by atoms with van der Waals surface area (Å²) in [5.41, 5.74) is -2.58. The van der Waals surface area contributed by atoms with Gasteiger partial charge in [0, 0.05) is 26.3 Å². The van der Waals surface area contributed by atoms with Gasteiger partial charge >= 0.3 is 18.2 Å². The first-order chi connectivity index (χ1) is 11.1. The number of alkyl halides is 3. The number of carboxylic acids is 1. The van der Waals surface area contributed by atoms with E-state index in [2.05, 4.69) is 10.4 Å². The van der Waals surface area contributed by atoms with Crippen LogP contribution in [0, 0.1) is 11.3 Å². The number of rotatable bonds is 2. The second-order valence-corrected chi connectivity index (χ2v) is 6.42. The van der Waals surface area contributed by atoms with Gasteiger partial charge in [-0.3, -0.25) is 9.48 Å². The highest BCUT2D eigenvalue weighted by Crippen LogP contribution is 2.49. The average molecular weight is 346 g/mol. The van der Waals surface area contributed by atoms with Crippen LogP contribution in [-0.4, -0.2) is 44.9 Å². The lowest BCUT2D eigenvalue weighted by Crippen LogP contribution is -2.38. The van der Waals surface area contributed by atoms with Crippen LogP contribution in [0.15, 0.2) is 6.20 Å². The van der Waals surface area contributed by atoms with Crippen molar-refractivity contribution in [1.29, 1.82) is 0 Å². The Hall–Kier alpha value is -2.26. The molecule has 1 aromatic heterocycles. The first-order valence-electron chi connectivity index (χ1n) is 7.53. The first-order valence-corrected chi connectivity index (χ1v) is 7.53. The highest BCUT2D eigenvalue weighted by Gasteiger charge is 2.56. The third-order valence-electron chi connectivity index (χ3n) is 4.92. The zero-order chi connectivity index (χ0) is 17.7. The molecule has 1 saturated heterocycles. The molecular formula is C14H17F3N4O3. The first kappa shape index (κ1) is 16.6. The summed E-state index contributed by atoms with van der Waals surface area (Å²) in [5, 5.41) is 15.0. The minimum atomic E-state index is -4.69. The van der Waals surface area contributed by atoms with Crippen molar-refractivity contribution >= 4 is 17.7 Å². The highest BCUT2D eigenvalue weighted by atomic mass is 19.4. The molecule has 1 aliphatic heterocycles. The van der Waals surface area contributed by atoms with Crippen molar-refractivity contribution in [2.75, 3.05) is 18.4 Å². The third kappa shape index (κ3) is 2.59. The molecule has 2 amide bonds. The number of amides is 2. The van der Waals surface area contributed by atoms with E-state index in [1.807, 2.05) is 0 Å². The van der Waals surface area contributed by atoms with Crippen molar-refractivity contribution in [2.45, 2.75) is 25.4 Å². The number of carboxylic acid groups (broad SMARTS) is 1. The van der Waals surface area contributed by atoms with Crippen LogP contribution in [0.2, 0.25) is 0 Å². The lowest BCUT2D eigenvalue weighted by Gasteiger charge is -2.23. The van der Waals surface area contributed by atoms with Crippen LogP contribution in [0.3, 0.4) is 0 Å². The number of anilines is 1. The van der Waals surface area contributed by atoms with Crippen LogP contribution >= 0.6 is 0 Å². The molecule has 2 heterocycles. The number of aliphatic carboxylic acids is 1. The van der Waals surface area contributed by atoms with Crippen LogP contribution in [-0.2, 0) is 18.0 Å². The molecule has 0 aromatic carbocycles. The van der Waals surface area contributed by atoms with Gasteiger partial charge < -0.3 is 15.3 Å². The Morgan fingerprint density at radius 3 is 2.75 bits per heavy atom. The molecule has 1 aliphatic carbocycles. The maximum atomic E-state index is 12.9. The highest BCUT2D eigenvalue weighted by molar-refractivity contribution is 5.91. The number of aryl methyl sites for hydroxylation is 1. The fraction of sp³-hybridized carbons (Fsp3) is 0.643. The molecular weight excluding hydrogens is 329 g/mol. The monoisotopic (exact) mass is 346 g/mol. The largest absolute Gasteiger partial charge is 0.481 e. The number of carbonyl (C=O) groups is 2. The molecule has 2 aliphatic rings. The Kier molecular flexibility index (Phi) is 3.72. The Morgan fingerprint density at radius 1 is 1.46 bits per heavy atom. The number of aromatic nitrogens is 2. The van der Waals surface area contributed by atoms with Gasteiger partial charge in [-0.2, -0.15) is 18.3 Å². The molecule has 10 heteroatoms. The second-order valence-electron chi connectivity index (χ2n) is 6.42. The van der Waals surface area contributed by atoms with Crippen LogP contribution in [0.25, 0.3) is 0 Å². The fourth-order valence-electron chi connectivity index (χ4n) is 3.78. The average Bonchev–Trinajstić information content (AvgIpc) is 3.09. The lowest BCUT2D eigenvalue weighted by atomic mass is 9.81. The number of hydrogen-bond donors (Lipinski definition) is 2. The maximum absolute atomic E-state index is 12.9. The van der Waals surface area contributed by atoms with Crippen LogP contribution in [0.1, 0.15) is 25.0 Å². The van der Waals surface area contributed by atoms with Gasteiger partial charge in [0.25, 0.3) is 0 Å². The van der Waals surface area contributed by atoms with E-state index in [0.717, 1.165) is 17.3 Å². The molecule has 7 nitrogen and oxygen atoms in total. The van der Waals surface area contributed by atoms with Gasteiger partial charge in [-0.05, 0) is 18.8 Å². The predicted molar refractivity (Wildman–Crippen MR) is 76.2 cm³/mol. The topological polar surface area (TPSA) is 87.5 Å². The number of likely N-dealkylation sites (tertiary alicyclic amines) is 1. The van der Waals surface area contributed by atoms with E-state index in [4.69, 9.17) is 0 Å². The van der Waals surface area contributed by atoms with Crippen LogP contribution < -0.4 is 5.32 Å². The van der Waals surface area contributed by atoms with E-state index in [1.165, 1.54) is 11.9 Å². The predicted octanol–water partition coefficient (Wildman–Crippen LogP) is 2.16. The van der Waals surface area contributed by atoms with Crippen molar-refractivity contribution in [2.24, 2.45) is 18.4 Å². The van der Waals surface area contributed by atoms with E-state index in [0.29, 0.717) is 12.8 Å². The summed E-state index contributed by atoms with van der Waals surface area (Å²) in [6.45, 7) is 0.250. The van der Waals surface area contributed by atoms with Crippen LogP contribution in [0.5, 0.6) is 0 Å². The van der Waals surface area contributed by atoms with Gasteiger partial charge in [0.05, 0.1) is 11.1 Å². The van der Waals surface area contributed by atoms with E-state index in [-0.39, 0.29) is 19.0 Å².